The van der Waals surface area contributed by atoms with Crippen molar-refractivity contribution in [2.24, 2.45) is 0 Å². The molecule has 0 fully saturated rings. The fourth-order valence-corrected chi connectivity index (χ4v) is 1.71. The van der Waals surface area contributed by atoms with Gasteiger partial charge in [0.25, 0.3) is 5.91 Å². The number of nitrogens with one attached hydrogen (secondary N) is 1. The lowest BCUT2D eigenvalue weighted by Gasteiger charge is -2.13. The van der Waals surface area contributed by atoms with Crippen molar-refractivity contribution < 1.29 is 23.1 Å². The van der Waals surface area contributed by atoms with Crippen LogP contribution in [0.25, 0.3) is 0 Å². The summed E-state index contributed by atoms with van der Waals surface area (Å²) in [4.78, 5) is 23.5. The summed E-state index contributed by atoms with van der Waals surface area (Å²) in [6.45, 7) is 1.40. The molecule has 1 aromatic heterocycles. The van der Waals surface area contributed by atoms with Crippen molar-refractivity contribution in [1.82, 2.24) is 0 Å². The van der Waals surface area contributed by atoms with Crippen LogP contribution in [0.2, 0.25) is 5.02 Å². The highest BCUT2D eigenvalue weighted by atomic mass is 35.5. The number of furan rings is 1. The third-order valence-corrected chi connectivity index (χ3v) is 2.88. The molecule has 1 N–H and O–H groups in total. The van der Waals surface area contributed by atoms with Crippen LogP contribution in [-0.2, 0) is 9.53 Å². The number of hydrogen-bond acceptors (Lipinski definition) is 4. The van der Waals surface area contributed by atoms with Gasteiger partial charge in [0.2, 0.25) is 5.76 Å². The minimum atomic E-state index is -1.07. The monoisotopic (exact) mass is 311 g/mol. The maximum atomic E-state index is 12.9. The standard InChI is InChI=1S/C14H11ClFNO4/c1-8(21-14(19)12-3-2-6-20-12)13(18)17-11-5-4-9(16)7-10(11)15/h2-8H,1H3,(H,17,18)/t8-/m0/s1. The summed E-state index contributed by atoms with van der Waals surface area (Å²) in [7, 11) is 0. The van der Waals surface area contributed by atoms with Crippen LogP contribution in [0.15, 0.2) is 41.0 Å². The molecule has 1 atom stereocenters. The molecule has 0 aliphatic rings. The average molecular weight is 312 g/mol. The Kier molecular flexibility index (Phi) is 4.59. The van der Waals surface area contributed by atoms with Crippen LogP contribution in [0.5, 0.6) is 0 Å². The third-order valence-electron chi connectivity index (χ3n) is 2.56. The van der Waals surface area contributed by atoms with Gasteiger partial charge in [-0.1, -0.05) is 11.6 Å². The van der Waals surface area contributed by atoms with Crippen molar-refractivity contribution in [3.8, 4) is 0 Å². The molecule has 0 aliphatic heterocycles. The number of ether oxygens (including phenoxy) is 1. The van der Waals surface area contributed by atoms with Crippen LogP contribution in [0.4, 0.5) is 10.1 Å². The number of esters is 1. The second-order valence-corrected chi connectivity index (χ2v) is 4.55. The van der Waals surface area contributed by atoms with Gasteiger partial charge in [0, 0.05) is 0 Å². The number of benzene rings is 1. The number of carbonyl (C=O) groups is 2. The first-order valence-corrected chi connectivity index (χ1v) is 6.35. The van der Waals surface area contributed by atoms with Gasteiger partial charge in [-0.3, -0.25) is 4.79 Å². The van der Waals surface area contributed by atoms with Gasteiger partial charge in [0.1, 0.15) is 5.82 Å². The molecule has 1 heterocycles. The van der Waals surface area contributed by atoms with Gasteiger partial charge in [-0.15, -0.1) is 0 Å². The molecule has 0 aliphatic carbocycles. The van der Waals surface area contributed by atoms with Gasteiger partial charge in [-0.2, -0.15) is 0 Å². The van der Waals surface area contributed by atoms with E-state index in [9.17, 15) is 14.0 Å². The van der Waals surface area contributed by atoms with Crippen LogP contribution < -0.4 is 5.32 Å². The first kappa shape index (κ1) is 15.1. The van der Waals surface area contributed by atoms with E-state index in [1.54, 1.807) is 0 Å². The minimum Gasteiger partial charge on any atom is -0.457 e. The van der Waals surface area contributed by atoms with Crippen LogP contribution in [0.3, 0.4) is 0 Å². The second kappa shape index (κ2) is 6.41. The lowest BCUT2D eigenvalue weighted by molar-refractivity contribution is -0.123. The van der Waals surface area contributed by atoms with Crippen LogP contribution in [0, 0.1) is 5.82 Å². The van der Waals surface area contributed by atoms with Gasteiger partial charge in [0.15, 0.2) is 6.10 Å². The summed E-state index contributed by atoms with van der Waals surface area (Å²) in [6, 6.07) is 6.48. The van der Waals surface area contributed by atoms with Gasteiger partial charge in [-0.25, -0.2) is 9.18 Å². The van der Waals surface area contributed by atoms with Gasteiger partial charge in [-0.05, 0) is 37.3 Å². The first-order valence-electron chi connectivity index (χ1n) is 5.98. The fraction of sp³-hybridized carbons (Fsp3) is 0.143. The van der Waals surface area contributed by atoms with E-state index in [0.717, 1.165) is 12.1 Å². The molecule has 7 heteroatoms. The molecule has 0 spiro atoms. The molecule has 5 nitrogen and oxygen atoms in total. The van der Waals surface area contributed by atoms with E-state index in [1.807, 2.05) is 0 Å². The predicted molar refractivity (Wildman–Crippen MR) is 73.6 cm³/mol. The summed E-state index contributed by atoms with van der Waals surface area (Å²) in [5, 5.41) is 2.49. The largest absolute Gasteiger partial charge is 0.457 e. The van der Waals surface area contributed by atoms with Crippen molar-refractivity contribution in [2.75, 3.05) is 5.32 Å². The van der Waals surface area contributed by atoms with Crippen molar-refractivity contribution in [3.63, 3.8) is 0 Å². The van der Waals surface area contributed by atoms with Crippen LogP contribution in [-0.4, -0.2) is 18.0 Å². The van der Waals surface area contributed by atoms with Gasteiger partial charge >= 0.3 is 5.97 Å². The molecule has 0 radical (unpaired) electrons. The molecule has 0 saturated heterocycles. The number of halogens is 2. The molecular formula is C14H11ClFNO4. The predicted octanol–water partition coefficient (Wildman–Crippen LogP) is 3.26. The Morgan fingerprint density at radius 3 is 2.76 bits per heavy atom. The van der Waals surface area contributed by atoms with Crippen LogP contribution >= 0.6 is 11.6 Å². The highest BCUT2D eigenvalue weighted by molar-refractivity contribution is 6.33. The van der Waals surface area contributed by atoms with Crippen LogP contribution in [0.1, 0.15) is 17.5 Å². The van der Waals surface area contributed by atoms with E-state index in [0.29, 0.717) is 0 Å². The lowest BCUT2D eigenvalue weighted by Crippen LogP contribution is -2.30. The number of rotatable bonds is 4. The second-order valence-electron chi connectivity index (χ2n) is 4.14. The quantitative estimate of drug-likeness (QED) is 0.880. The first-order chi connectivity index (χ1) is 9.97. The highest BCUT2D eigenvalue weighted by Crippen LogP contribution is 2.22. The molecule has 0 bridgehead atoms. The number of amides is 1. The molecule has 0 saturated carbocycles. The summed E-state index contributed by atoms with van der Waals surface area (Å²) in [5.41, 5.74) is 0.226. The summed E-state index contributed by atoms with van der Waals surface area (Å²) in [5.74, 6) is -1.87. The van der Waals surface area contributed by atoms with E-state index in [1.165, 1.54) is 31.4 Å². The molecule has 1 amide bonds. The lowest BCUT2D eigenvalue weighted by atomic mass is 10.3. The van der Waals surface area contributed by atoms with E-state index >= 15 is 0 Å². The Labute approximate surface area is 124 Å². The Morgan fingerprint density at radius 1 is 1.38 bits per heavy atom. The smallest absolute Gasteiger partial charge is 0.374 e. The van der Waals surface area contributed by atoms with E-state index < -0.39 is 23.8 Å². The zero-order valence-corrected chi connectivity index (χ0v) is 11.7. The zero-order chi connectivity index (χ0) is 15.4. The zero-order valence-electron chi connectivity index (χ0n) is 10.9. The molecule has 21 heavy (non-hydrogen) atoms. The fourth-order valence-electron chi connectivity index (χ4n) is 1.49. The van der Waals surface area contributed by atoms with Crippen molar-refractivity contribution in [1.29, 1.82) is 0 Å². The maximum absolute atomic E-state index is 12.9. The average Bonchev–Trinajstić information content (AvgIpc) is 2.95. The molecule has 2 aromatic rings. The summed E-state index contributed by atoms with van der Waals surface area (Å²) < 4.78 is 22.7. The van der Waals surface area contributed by atoms with Crippen molar-refractivity contribution in [2.45, 2.75) is 13.0 Å². The van der Waals surface area contributed by atoms with Gasteiger partial charge < -0.3 is 14.5 Å². The Balaban J connectivity index is 1.98. The highest BCUT2D eigenvalue weighted by Gasteiger charge is 2.21. The molecule has 0 unspecified atom stereocenters. The molecule has 1 aromatic carbocycles. The number of carbonyl (C=O) groups excluding carboxylic acids is 2. The minimum absolute atomic E-state index is 0.00513. The van der Waals surface area contributed by atoms with E-state index in [4.69, 9.17) is 20.8 Å². The SMILES string of the molecule is C[C@H](OC(=O)c1ccco1)C(=O)Nc1ccc(F)cc1Cl. The van der Waals surface area contributed by atoms with Crippen molar-refractivity contribution in [3.05, 3.63) is 53.2 Å². The van der Waals surface area contributed by atoms with E-state index in [-0.39, 0.29) is 16.5 Å². The van der Waals surface area contributed by atoms with Gasteiger partial charge in [0.05, 0.1) is 17.0 Å². The molecule has 110 valence electrons. The van der Waals surface area contributed by atoms with E-state index in [2.05, 4.69) is 5.32 Å². The Morgan fingerprint density at radius 2 is 2.14 bits per heavy atom. The Bertz CT molecular complexity index is 657. The third kappa shape index (κ3) is 3.82. The molecule has 2 rings (SSSR count). The normalized spacial score (nSPS) is 11.8. The topological polar surface area (TPSA) is 68.5 Å². The van der Waals surface area contributed by atoms with Crippen molar-refractivity contribution >= 4 is 29.2 Å². The number of hydrogen-bond donors (Lipinski definition) is 1. The summed E-state index contributed by atoms with van der Waals surface area (Å²) >= 11 is 5.79. The maximum Gasteiger partial charge on any atom is 0.374 e. The molecular weight excluding hydrogens is 301 g/mol. The summed E-state index contributed by atoms with van der Waals surface area (Å²) in [6.07, 6.45) is 0.253. The number of anilines is 1. The Hall–Kier alpha value is -2.34.